The van der Waals surface area contributed by atoms with Gasteiger partial charge in [0.25, 0.3) is 17.5 Å². The minimum absolute atomic E-state index is 0.0255. The van der Waals surface area contributed by atoms with Gasteiger partial charge in [0.1, 0.15) is 0 Å². The van der Waals surface area contributed by atoms with E-state index in [0.717, 1.165) is 17.0 Å². The van der Waals surface area contributed by atoms with Crippen molar-refractivity contribution in [1.29, 1.82) is 0 Å². The lowest BCUT2D eigenvalue weighted by molar-refractivity contribution is -0.384. The lowest BCUT2D eigenvalue weighted by Gasteiger charge is -2.13. The maximum absolute atomic E-state index is 12.4. The zero-order valence-electron chi connectivity index (χ0n) is 12.4. The molecule has 0 fully saturated rings. The maximum atomic E-state index is 12.4. The molecule has 126 valence electrons. The van der Waals surface area contributed by atoms with Crippen LogP contribution in [0.3, 0.4) is 0 Å². The van der Waals surface area contributed by atoms with Crippen molar-refractivity contribution in [1.82, 2.24) is 4.90 Å². The van der Waals surface area contributed by atoms with Crippen LogP contribution in [-0.2, 0) is 0 Å². The fourth-order valence-electron chi connectivity index (χ4n) is 2.44. The van der Waals surface area contributed by atoms with E-state index in [-0.39, 0.29) is 32.4 Å². The smallest absolute Gasteiger partial charge is 0.270 e. The Morgan fingerprint density at radius 3 is 2.32 bits per heavy atom. The average molecular weight is 379 g/mol. The average Bonchev–Trinajstić information content (AvgIpc) is 2.81. The second-order valence-corrected chi connectivity index (χ2v) is 6.05. The van der Waals surface area contributed by atoms with E-state index in [4.69, 9.17) is 23.2 Å². The first kappa shape index (κ1) is 17.1. The molecule has 1 aliphatic heterocycles. The first-order valence-electron chi connectivity index (χ1n) is 6.92. The number of carbonyl (C=O) groups excluding carboxylic acids is 3. The molecule has 0 N–H and O–H groups in total. The molecular weight excluding hydrogens is 371 g/mol. The second-order valence-electron chi connectivity index (χ2n) is 5.24. The number of fused-ring (bicyclic) bond motifs is 1. The summed E-state index contributed by atoms with van der Waals surface area (Å²) in [5, 5.41) is 11.3. The molecule has 0 saturated heterocycles. The third-order valence-electron chi connectivity index (χ3n) is 3.71. The molecule has 2 amide bonds. The minimum Gasteiger partial charge on any atom is -0.292 e. The number of carbonyl (C=O) groups is 3. The van der Waals surface area contributed by atoms with Crippen molar-refractivity contribution in [2.24, 2.45) is 0 Å². The standard InChI is InChI=1S/C16H8Cl2N2O5/c17-12-4-1-8(5-13(12)18)14(21)7-19-15(22)10-3-2-9(20(24)25)6-11(10)16(19)23/h1-6H,7H2. The molecule has 0 unspecified atom stereocenters. The number of benzene rings is 2. The molecule has 1 aliphatic rings. The topological polar surface area (TPSA) is 97.6 Å². The molecule has 3 rings (SSSR count). The van der Waals surface area contributed by atoms with Crippen LogP contribution in [0.2, 0.25) is 10.0 Å². The van der Waals surface area contributed by atoms with Gasteiger partial charge >= 0.3 is 0 Å². The van der Waals surface area contributed by atoms with Gasteiger partial charge in [0.15, 0.2) is 5.78 Å². The molecule has 0 saturated carbocycles. The van der Waals surface area contributed by atoms with Crippen molar-refractivity contribution < 1.29 is 19.3 Å². The van der Waals surface area contributed by atoms with Crippen LogP contribution in [0, 0.1) is 10.1 Å². The minimum atomic E-state index is -0.753. The Kier molecular flexibility index (Phi) is 4.28. The molecule has 7 nitrogen and oxygen atoms in total. The van der Waals surface area contributed by atoms with E-state index in [9.17, 15) is 24.5 Å². The van der Waals surface area contributed by atoms with Gasteiger partial charge in [0.05, 0.1) is 32.6 Å². The third-order valence-corrected chi connectivity index (χ3v) is 4.45. The highest BCUT2D eigenvalue weighted by Crippen LogP contribution is 2.27. The number of hydrogen-bond donors (Lipinski definition) is 0. The number of nitro groups is 1. The van der Waals surface area contributed by atoms with Gasteiger partial charge in [0, 0.05) is 17.7 Å². The fourth-order valence-corrected chi connectivity index (χ4v) is 2.74. The van der Waals surface area contributed by atoms with Crippen molar-refractivity contribution >= 4 is 46.5 Å². The second kappa shape index (κ2) is 6.27. The van der Waals surface area contributed by atoms with E-state index in [0.29, 0.717) is 0 Å². The Labute approximate surface area is 150 Å². The van der Waals surface area contributed by atoms with Crippen LogP contribution in [0.1, 0.15) is 31.1 Å². The van der Waals surface area contributed by atoms with Crippen LogP contribution in [0.5, 0.6) is 0 Å². The summed E-state index contributed by atoms with van der Waals surface area (Å²) in [4.78, 5) is 47.9. The number of non-ortho nitro benzene ring substituents is 1. The first-order chi connectivity index (χ1) is 11.8. The SMILES string of the molecule is O=C(CN1C(=O)c2ccc([N+](=O)[O-])cc2C1=O)c1ccc(Cl)c(Cl)c1. The molecule has 2 aromatic carbocycles. The van der Waals surface area contributed by atoms with Crippen LogP contribution in [0.15, 0.2) is 36.4 Å². The summed E-state index contributed by atoms with van der Waals surface area (Å²) in [6.45, 7) is -0.502. The number of hydrogen-bond acceptors (Lipinski definition) is 5. The van der Waals surface area contributed by atoms with Gasteiger partial charge in [-0.05, 0) is 24.3 Å². The highest BCUT2D eigenvalue weighted by molar-refractivity contribution is 6.42. The first-order valence-corrected chi connectivity index (χ1v) is 7.68. The van der Waals surface area contributed by atoms with E-state index in [1.54, 1.807) is 0 Å². The molecule has 0 atom stereocenters. The molecule has 0 aromatic heterocycles. The Balaban J connectivity index is 1.87. The van der Waals surface area contributed by atoms with Crippen LogP contribution in [0.25, 0.3) is 0 Å². The van der Waals surface area contributed by atoms with Gasteiger partial charge in [-0.25, -0.2) is 0 Å². The van der Waals surface area contributed by atoms with Crippen molar-refractivity contribution in [2.45, 2.75) is 0 Å². The van der Waals surface area contributed by atoms with Crippen LogP contribution >= 0.6 is 23.2 Å². The molecule has 0 spiro atoms. The number of halogens is 2. The normalized spacial score (nSPS) is 13.1. The Morgan fingerprint density at radius 1 is 1.00 bits per heavy atom. The predicted octanol–water partition coefficient (Wildman–Crippen LogP) is 3.38. The fraction of sp³-hybridized carbons (Fsp3) is 0.0625. The highest BCUT2D eigenvalue weighted by atomic mass is 35.5. The molecule has 2 aromatic rings. The molecule has 0 aliphatic carbocycles. The van der Waals surface area contributed by atoms with Gasteiger partial charge < -0.3 is 0 Å². The van der Waals surface area contributed by atoms with E-state index < -0.39 is 29.1 Å². The van der Waals surface area contributed by atoms with E-state index in [2.05, 4.69) is 0 Å². The molecule has 0 bridgehead atoms. The summed E-state index contributed by atoms with van der Waals surface area (Å²) in [5.41, 5.74) is -0.187. The zero-order valence-corrected chi connectivity index (χ0v) is 13.9. The van der Waals surface area contributed by atoms with Gasteiger partial charge in [-0.3, -0.25) is 29.4 Å². The van der Waals surface area contributed by atoms with Gasteiger partial charge in [-0.15, -0.1) is 0 Å². The van der Waals surface area contributed by atoms with Crippen molar-refractivity contribution in [3.63, 3.8) is 0 Å². The maximum Gasteiger partial charge on any atom is 0.270 e. The highest BCUT2D eigenvalue weighted by Gasteiger charge is 2.37. The number of nitrogens with zero attached hydrogens (tertiary/aromatic N) is 2. The summed E-state index contributed by atoms with van der Waals surface area (Å²) < 4.78 is 0. The van der Waals surface area contributed by atoms with Crippen molar-refractivity contribution in [3.05, 3.63) is 73.2 Å². The molecule has 0 radical (unpaired) electrons. The van der Waals surface area contributed by atoms with Gasteiger partial charge in [0.2, 0.25) is 0 Å². The van der Waals surface area contributed by atoms with Crippen LogP contribution in [0.4, 0.5) is 5.69 Å². The molecule has 25 heavy (non-hydrogen) atoms. The Bertz CT molecular complexity index is 958. The number of imide groups is 1. The summed E-state index contributed by atoms with van der Waals surface area (Å²) >= 11 is 11.6. The summed E-state index contributed by atoms with van der Waals surface area (Å²) in [7, 11) is 0. The van der Waals surface area contributed by atoms with Gasteiger partial charge in [-0.2, -0.15) is 0 Å². The predicted molar refractivity (Wildman–Crippen MR) is 89.3 cm³/mol. The number of nitro benzene ring substituents is 1. The van der Waals surface area contributed by atoms with Crippen molar-refractivity contribution in [3.8, 4) is 0 Å². The summed E-state index contributed by atoms with van der Waals surface area (Å²) in [6.07, 6.45) is 0. The monoisotopic (exact) mass is 378 g/mol. The Hall–Kier alpha value is -2.77. The number of rotatable bonds is 4. The molecular formula is C16H8Cl2N2O5. The van der Waals surface area contributed by atoms with E-state index in [1.165, 1.54) is 24.3 Å². The number of amides is 2. The largest absolute Gasteiger partial charge is 0.292 e. The zero-order chi connectivity index (χ0) is 18.3. The summed E-state index contributed by atoms with van der Waals surface area (Å²) in [5.74, 6) is -1.94. The van der Waals surface area contributed by atoms with Crippen LogP contribution in [-0.4, -0.2) is 34.0 Å². The van der Waals surface area contributed by atoms with E-state index in [1.807, 2.05) is 0 Å². The lowest BCUT2D eigenvalue weighted by atomic mass is 10.1. The number of Topliss-reactive ketones (excluding diaryl/α,β-unsaturated/α-hetero) is 1. The summed E-state index contributed by atoms with van der Waals surface area (Å²) in [6, 6.07) is 7.57. The Morgan fingerprint density at radius 2 is 1.68 bits per heavy atom. The van der Waals surface area contributed by atoms with E-state index >= 15 is 0 Å². The quantitative estimate of drug-likeness (QED) is 0.351. The third kappa shape index (κ3) is 2.99. The van der Waals surface area contributed by atoms with Gasteiger partial charge in [-0.1, -0.05) is 23.2 Å². The van der Waals surface area contributed by atoms with Crippen molar-refractivity contribution in [2.75, 3.05) is 6.54 Å². The van der Waals surface area contributed by atoms with Crippen LogP contribution < -0.4 is 0 Å². The lowest BCUT2D eigenvalue weighted by Crippen LogP contribution is -2.34. The number of ketones is 1. The molecule has 9 heteroatoms. The molecule has 1 heterocycles.